The van der Waals surface area contributed by atoms with Crippen LogP contribution < -0.4 is 10.6 Å². The fourth-order valence-corrected chi connectivity index (χ4v) is 1.28. The van der Waals surface area contributed by atoms with Crippen molar-refractivity contribution in [3.8, 4) is 0 Å². The van der Waals surface area contributed by atoms with Crippen molar-refractivity contribution in [1.82, 2.24) is 0 Å². The highest BCUT2D eigenvalue weighted by Crippen LogP contribution is 2.26. The molecule has 0 aromatic heterocycles. The lowest BCUT2D eigenvalue weighted by Crippen LogP contribution is -2.36. The average Bonchev–Trinajstić information content (AvgIpc) is 2.08. The number of rotatable bonds is 0. The van der Waals surface area contributed by atoms with Crippen molar-refractivity contribution in [2.24, 2.45) is 0 Å². The quantitative estimate of drug-likeness (QED) is 0.636. The van der Waals surface area contributed by atoms with E-state index in [2.05, 4.69) is 10.6 Å². The number of fused-ring (bicyclic) bond motifs is 1. The van der Waals surface area contributed by atoms with E-state index in [1.54, 1.807) is 13.0 Å². The molecule has 0 fully saturated rings. The van der Waals surface area contributed by atoms with Gasteiger partial charge in [0, 0.05) is 0 Å². The first-order valence-corrected chi connectivity index (χ1v) is 4.04. The summed E-state index contributed by atoms with van der Waals surface area (Å²) in [5.74, 6) is -0.409. The molecule has 1 aliphatic rings. The number of anilines is 2. The zero-order valence-corrected chi connectivity index (χ0v) is 7.10. The zero-order chi connectivity index (χ0) is 9.42. The van der Waals surface area contributed by atoms with E-state index in [1.807, 2.05) is 0 Å². The second kappa shape index (κ2) is 2.73. The summed E-state index contributed by atoms with van der Waals surface area (Å²) in [5.41, 5.74) is 1.26. The van der Waals surface area contributed by atoms with Gasteiger partial charge in [-0.25, -0.2) is 4.39 Å². The summed E-state index contributed by atoms with van der Waals surface area (Å²) >= 11 is 0. The Balaban J connectivity index is 2.42. The van der Waals surface area contributed by atoms with E-state index < -0.39 is 0 Å². The van der Waals surface area contributed by atoms with E-state index in [4.69, 9.17) is 0 Å². The van der Waals surface area contributed by atoms with Crippen LogP contribution in [0.25, 0.3) is 0 Å². The van der Waals surface area contributed by atoms with Crippen molar-refractivity contribution in [2.75, 3.05) is 10.6 Å². The second-order valence-corrected chi connectivity index (χ2v) is 3.05. The Kier molecular flexibility index (Phi) is 1.69. The standard InChI is InChI=1S/C9H9FN2O/c1-5-9(13)12-7-3-2-6(10)4-8(7)11-5/h2-5,11H,1H3,(H,12,13)/t5-/m0/s1. The normalized spacial score (nSPS) is 20.2. The third kappa shape index (κ3) is 1.35. The van der Waals surface area contributed by atoms with Crippen LogP contribution in [0.5, 0.6) is 0 Å². The highest BCUT2D eigenvalue weighted by molar-refractivity contribution is 6.02. The molecular weight excluding hydrogens is 171 g/mol. The van der Waals surface area contributed by atoms with Crippen LogP contribution >= 0.6 is 0 Å². The first kappa shape index (κ1) is 8.04. The number of hydrogen-bond acceptors (Lipinski definition) is 2. The van der Waals surface area contributed by atoms with Crippen LogP contribution in [0.2, 0.25) is 0 Å². The largest absolute Gasteiger partial charge is 0.372 e. The molecule has 2 N–H and O–H groups in total. The molecule has 1 atom stereocenters. The minimum absolute atomic E-state index is 0.0980. The van der Waals surface area contributed by atoms with Crippen LogP contribution in [0.3, 0.4) is 0 Å². The zero-order valence-electron chi connectivity index (χ0n) is 7.10. The monoisotopic (exact) mass is 180 g/mol. The lowest BCUT2D eigenvalue weighted by molar-refractivity contribution is -0.116. The van der Waals surface area contributed by atoms with Gasteiger partial charge in [0.1, 0.15) is 11.9 Å². The van der Waals surface area contributed by atoms with Gasteiger partial charge in [-0.2, -0.15) is 0 Å². The first-order valence-electron chi connectivity index (χ1n) is 4.04. The minimum atomic E-state index is -0.311. The Morgan fingerprint density at radius 2 is 2.15 bits per heavy atom. The number of amides is 1. The number of nitrogens with one attached hydrogen (secondary N) is 2. The van der Waals surface area contributed by atoms with Crippen LogP contribution in [-0.2, 0) is 4.79 Å². The third-order valence-corrected chi connectivity index (χ3v) is 2.00. The maximum atomic E-state index is 12.8. The fourth-order valence-electron chi connectivity index (χ4n) is 1.28. The second-order valence-electron chi connectivity index (χ2n) is 3.05. The Morgan fingerprint density at radius 3 is 2.92 bits per heavy atom. The SMILES string of the molecule is C[C@@H]1Nc2cc(F)ccc2NC1=O. The van der Waals surface area contributed by atoms with Crippen molar-refractivity contribution >= 4 is 17.3 Å². The predicted molar refractivity (Wildman–Crippen MR) is 48.1 cm³/mol. The molecule has 4 heteroatoms. The lowest BCUT2D eigenvalue weighted by atomic mass is 10.1. The van der Waals surface area contributed by atoms with Crippen LogP contribution in [-0.4, -0.2) is 11.9 Å². The average molecular weight is 180 g/mol. The minimum Gasteiger partial charge on any atom is -0.372 e. The lowest BCUT2D eigenvalue weighted by Gasteiger charge is -2.23. The van der Waals surface area contributed by atoms with Crippen molar-refractivity contribution in [3.63, 3.8) is 0 Å². The molecule has 0 aliphatic carbocycles. The number of carbonyl (C=O) groups excluding carboxylic acids is 1. The van der Waals surface area contributed by atoms with Crippen molar-refractivity contribution in [2.45, 2.75) is 13.0 Å². The number of halogens is 1. The summed E-state index contributed by atoms with van der Waals surface area (Å²) in [7, 11) is 0. The Morgan fingerprint density at radius 1 is 1.38 bits per heavy atom. The summed E-state index contributed by atoms with van der Waals surface area (Å²) < 4.78 is 12.8. The molecule has 1 aromatic carbocycles. The molecule has 3 nitrogen and oxygen atoms in total. The van der Waals surface area contributed by atoms with E-state index in [0.29, 0.717) is 11.4 Å². The molecule has 0 radical (unpaired) electrons. The summed E-state index contributed by atoms with van der Waals surface area (Å²) in [6, 6.07) is 3.91. The highest BCUT2D eigenvalue weighted by Gasteiger charge is 2.20. The van der Waals surface area contributed by atoms with Gasteiger partial charge in [-0.3, -0.25) is 4.79 Å². The van der Waals surface area contributed by atoms with Gasteiger partial charge < -0.3 is 10.6 Å². The molecule has 0 saturated heterocycles. The summed E-state index contributed by atoms with van der Waals surface area (Å²) in [6.45, 7) is 1.73. The summed E-state index contributed by atoms with van der Waals surface area (Å²) in [5, 5.41) is 5.57. The van der Waals surface area contributed by atoms with E-state index in [0.717, 1.165) is 0 Å². The maximum absolute atomic E-state index is 12.8. The third-order valence-electron chi connectivity index (χ3n) is 2.00. The molecule has 1 aromatic rings. The molecule has 0 spiro atoms. The Bertz CT molecular complexity index is 365. The van der Waals surface area contributed by atoms with Gasteiger partial charge in [0.25, 0.3) is 0 Å². The Labute approximate surface area is 74.9 Å². The Hall–Kier alpha value is -1.58. The smallest absolute Gasteiger partial charge is 0.246 e. The molecule has 2 rings (SSSR count). The molecule has 68 valence electrons. The van der Waals surface area contributed by atoms with Crippen LogP contribution in [0.1, 0.15) is 6.92 Å². The van der Waals surface area contributed by atoms with Gasteiger partial charge in [0.15, 0.2) is 0 Å². The molecule has 1 heterocycles. The number of hydrogen-bond donors (Lipinski definition) is 2. The molecular formula is C9H9FN2O. The van der Waals surface area contributed by atoms with E-state index in [-0.39, 0.29) is 17.8 Å². The molecule has 1 aliphatic heterocycles. The van der Waals surface area contributed by atoms with E-state index in [9.17, 15) is 9.18 Å². The molecule has 1 amide bonds. The van der Waals surface area contributed by atoms with Gasteiger partial charge in [-0.15, -0.1) is 0 Å². The summed E-state index contributed by atoms with van der Waals surface area (Å²) in [4.78, 5) is 11.2. The van der Waals surface area contributed by atoms with Crippen molar-refractivity contribution in [3.05, 3.63) is 24.0 Å². The topological polar surface area (TPSA) is 41.1 Å². The van der Waals surface area contributed by atoms with Gasteiger partial charge in [0.05, 0.1) is 11.4 Å². The van der Waals surface area contributed by atoms with E-state index in [1.165, 1.54) is 12.1 Å². The van der Waals surface area contributed by atoms with Gasteiger partial charge >= 0.3 is 0 Å². The molecule has 0 unspecified atom stereocenters. The van der Waals surface area contributed by atoms with Crippen molar-refractivity contribution < 1.29 is 9.18 Å². The maximum Gasteiger partial charge on any atom is 0.246 e. The first-order chi connectivity index (χ1) is 6.16. The van der Waals surface area contributed by atoms with Gasteiger partial charge in [-0.05, 0) is 25.1 Å². The predicted octanol–water partition coefficient (Wildman–Crippen LogP) is 1.58. The molecule has 0 saturated carbocycles. The number of carbonyl (C=O) groups is 1. The molecule has 13 heavy (non-hydrogen) atoms. The van der Waals surface area contributed by atoms with Crippen LogP contribution in [0.4, 0.5) is 15.8 Å². The number of benzene rings is 1. The van der Waals surface area contributed by atoms with Crippen LogP contribution in [0.15, 0.2) is 18.2 Å². The summed E-state index contributed by atoms with van der Waals surface area (Å²) in [6.07, 6.45) is 0. The highest BCUT2D eigenvalue weighted by atomic mass is 19.1. The van der Waals surface area contributed by atoms with Crippen LogP contribution in [0, 0.1) is 5.82 Å². The van der Waals surface area contributed by atoms with E-state index >= 15 is 0 Å². The molecule has 0 bridgehead atoms. The van der Waals surface area contributed by atoms with Gasteiger partial charge in [-0.1, -0.05) is 0 Å². The van der Waals surface area contributed by atoms with Crippen molar-refractivity contribution in [1.29, 1.82) is 0 Å². The van der Waals surface area contributed by atoms with Gasteiger partial charge in [0.2, 0.25) is 5.91 Å². The fraction of sp³-hybridized carbons (Fsp3) is 0.222.